The third-order valence-corrected chi connectivity index (χ3v) is 4.93. The van der Waals surface area contributed by atoms with E-state index >= 15 is 0 Å². The van der Waals surface area contributed by atoms with E-state index in [1.54, 1.807) is 0 Å². The topological polar surface area (TPSA) is 48.1 Å². The van der Waals surface area contributed by atoms with E-state index in [0.29, 0.717) is 0 Å². The van der Waals surface area contributed by atoms with Gasteiger partial charge < -0.3 is 21.3 Å². The molecular weight excluding hydrogens is 284 g/mol. The molecule has 0 aliphatic heterocycles. The zero-order valence-corrected chi connectivity index (χ0v) is 15.9. The normalized spacial score (nSPS) is 21.5. The van der Waals surface area contributed by atoms with Gasteiger partial charge in [-0.15, -0.1) is 0 Å². The van der Waals surface area contributed by atoms with Crippen molar-refractivity contribution in [3.8, 4) is 0 Å². The first-order chi connectivity index (χ1) is 11.3. The molecule has 4 N–H and O–H groups in total. The van der Waals surface area contributed by atoms with Crippen LogP contribution in [0.1, 0.15) is 52.9 Å². The second-order valence-electron chi connectivity index (χ2n) is 7.26. The fourth-order valence-corrected chi connectivity index (χ4v) is 3.14. The summed E-state index contributed by atoms with van der Waals surface area (Å²) in [6.45, 7) is 16.0. The SMILES string of the molecule is CCNCCCCNCC1CC1CCNCC(C)CCNCC. The summed E-state index contributed by atoms with van der Waals surface area (Å²) in [6, 6.07) is 0. The fraction of sp³-hybridized carbons (Fsp3) is 1.00. The molecule has 0 bridgehead atoms. The summed E-state index contributed by atoms with van der Waals surface area (Å²) in [7, 11) is 0. The summed E-state index contributed by atoms with van der Waals surface area (Å²) in [5.41, 5.74) is 0. The average Bonchev–Trinajstić information content (AvgIpc) is 3.29. The van der Waals surface area contributed by atoms with Crippen LogP contribution in [0, 0.1) is 17.8 Å². The minimum absolute atomic E-state index is 0.785. The summed E-state index contributed by atoms with van der Waals surface area (Å²) in [6.07, 6.45) is 6.70. The van der Waals surface area contributed by atoms with Crippen LogP contribution < -0.4 is 21.3 Å². The maximum Gasteiger partial charge on any atom is -0.00178 e. The molecule has 1 rings (SSSR count). The van der Waals surface area contributed by atoms with Crippen molar-refractivity contribution in [1.82, 2.24) is 21.3 Å². The van der Waals surface area contributed by atoms with Gasteiger partial charge in [0.1, 0.15) is 0 Å². The molecule has 4 heteroatoms. The average molecular weight is 327 g/mol. The highest BCUT2D eigenvalue weighted by atomic mass is 14.9. The van der Waals surface area contributed by atoms with E-state index in [9.17, 15) is 0 Å². The van der Waals surface area contributed by atoms with Crippen LogP contribution >= 0.6 is 0 Å². The Balaban J connectivity index is 1.80. The van der Waals surface area contributed by atoms with Crippen LogP contribution in [0.15, 0.2) is 0 Å². The Labute approximate surface area is 145 Å². The van der Waals surface area contributed by atoms with Crippen molar-refractivity contribution >= 4 is 0 Å². The molecule has 23 heavy (non-hydrogen) atoms. The monoisotopic (exact) mass is 326 g/mol. The Kier molecular flexibility index (Phi) is 12.9. The van der Waals surface area contributed by atoms with Crippen LogP contribution in [0.4, 0.5) is 0 Å². The van der Waals surface area contributed by atoms with E-state index in [1.807, 2.05) is 0 Å². The van der Waals surface area contributed by atoms with Gasteiger partial charge in [0, 0.05) is 0 Å². The van der Waals surface area contributed by atoms with Crippen molar-refractivity contribution < 1.29 is 0 Å². The maximum atomic E-state index is 3.64. The summed E-state index contributed by atoms with van der Waals surface area (Å²) in [4.78, 5) is 0. The predicted molar refractivity (Wildman–Crippen MR) is 102 cm³/mol. The zero-order valence-electron chi connectivity index (χ0n) is 15.9. The van der Waals surface area contributed by atoms with Crippen molar-refractivity contribution in [2.45, 2.75) is 52.9 Å². The predicted octanol–water partition coefficient (Wildman–Crippen LogP) is 2.22. The van der Waals surface area contributed by atoms with Crippen LogP contribution in [0.3, 0.4) is 0 Å². The van der Waals surface area contributed by atoms with Gasteiger partial charge in [0.05, 0.1) is 0 Å². The van der Waals surface area contributed by atoms with Crippen LogP contribution in [-0.4, -0.2) is 52.4 Å². The lowest BCUT2D eigenvalue weighted by atomic mass is 10.1. The van der Waals surface area contributed by atoms with Gasteiger partial charge in [0.25, 0.3) is 0 Å². The van der Waals surface area contributed by atoms with Crippen LogP contribution in [0.5, 0.6) is 0 Å². The number of hydrogen-bond donors (Lipinski definition) is 4. The molecular formula is C19H42N4. The number of hydrogen-bond acceptors (Lipinski definition) is 4. The Bertz CT molecular complexity index is 260. The molecule has 0 aromatic heterocycles. The molecule has 0 spiro atoms. The Morgan fingerprint density at radius 2 is 1.52 bits per heavy atom. The fourth-order valence-electron chi connectivity index (χ4n) is 3.14. The van der Waals surface area contributed by atoms with Gasteiger partial charge >= 0.3 is 0 Å². The van der Waals surface area contributed by atoms with Gasteiger partial charge in [-0.05, 0) is 102 Å². The summed E-state index contributed by atoms with van der Waals surface area (Å²) in [5, 5.41) is 14.1. The lowest BCUT2D eigenvalue weighted by molar-refractivity contribution is 0.455. The zero-order chi connectivity index (χ0) is 16.8. The first-order valence-corrected chi connectivity index (χ1v) is 10.1. The molecule has 0 amide bonds. The van der Waals surface area contributed by atoms with E-state index in [-0.39, 0.29) is 0 Å². The lowest BCUT2D eigenvalue weighted by Gasteiger charge is -2.12. The lowest BCUT2D eigenvalue weighted by Crippen LogP contribution is -2.26. The molecule has 0 radical (unpaired) electrons. The molecule has 1 aliphatic rings. The molecule has 1 fully saturated rings. The molecule has 0 heterocycles. The van der Waals surface area contributed by atoms with E-state index in [1.165, 1.54) is 64.8 Å². The molecule has 4 nitrogen and oxygen atoms in total. The van der Waals surface area contributed by atoms with E-state index < -0.39 is 0 Å². The van der Waals surface area contributed by atoms with Crippen molar-refractivity contribution in [3.63, 3.8) is 0 Å². The standard InChI is InChI=1S/C19H42N4/c1-4-20-10-6-7-11-22-16-19-14-18(19)9-13-23-15-17(3)8-12-21-5-2/h17-23H,4-16H2,1-3H3. The van der Waals surface area contributed by atoms with Crippen molar-refractivity contribution in [1.29, 1.82) is 0 Å². The van der Waals surface area contributed by atoms with Crippen LogP contribution in [-0.2, 0) is 0 Å². The Morgan fingerprint density at radius 1 is 0.826 bits per heavy atom. The number of unbranched alkanes of at least 4 members (excludes halogenated alkanes) is 1. The van der Waals surface area contributed by atoms with Crippen molar-refractivity contribution in [2.75, 3.05) is 52.4 Å². The number of rotatable bonds is 17. The first-order valence-electron chi connectivity index (χ1n) is 10.1. The summed E-state index contributed by atoms with van der Waals surface area (Å²) >= 11 is 0. The number of nitrogens with one attached hydrogen (secondary N) is 4. The second-order valence-corrected chi connectivity index (χ2v) is 7.26. The van der Waals surface area contributed by atoms with Crippen LogP contribution in [0.25, 0.3) is 0 Å². The van der Waals surface area contributed by atoms with Gasteiger partial charge in [-0.3, -0.25) is 0 Å². The van der Waals surface area contributed by atoms with Crippen LogP contribution in [0.2, 0.25) is 0 Å². The molecule has 0 aromatic rings. The third kappa shape index (κ3) is 11.9. The molecule has 0 aromatic carbocycles. The highest BCUT2D eigenvalue weighted by molar-refractivity contribution is 4.88. The molecule has 3 unspecified atom stereocenters. The van der Waals surface area contributed by atoms with E-state index in [4.69, 9.17) is 0 Å². The largest absolute Gasteiger partial charge is 0.317 e. The van der Waals surface area contributed by atoms with Crippen molar-refractivity contribution in [3.05, 3.63) is 0 Å². The molecule has 0 saturated heterocycles. The first kappa shape index (κ1) is 20.9. The maximum absolute atomic E-state index is 3.64. The Morgan fingerprint density at radius 3 is 2.26 bits per heavy atom. The molecule has 1 aliphatic carbocycles. The highest BCUT2D eigenvalue weighted by Crippen LogP contribution is 2.40. The molecule has 138 valence electrons. The third-order valence-electron chi connectivity index (χ3n) is 4.93. The summed E-state index contributed by atoms with van der Waals surface area (Å²) < 4.78 is 0. The van der Waals surface area contributed by atoms with Gasteiger partial charge in [0.15, 0.2) is 0 Å². The van der Waals surface area contributed by atoms with E-state index in [0.717, 1.165) is 37.4 Å². The highest BCUT2D eigenvalue weighted by Gasteiger charge is 2.35. The van der Waals surface area contributed by atoms with Crippen molar-refractivity contribution in [2.24, 2.45) is 17.8 Å². The van der Waals surface area contributed by atoms with E-state index in [2.05, 4.69) is 42.0 Å². The Hall–Kier alpha value is -0.160. The second kappa shape index (κ2) is 14.2. The van der Waals surface area contributed by atoms with Gasteiger partial charge in [-0.1, -0.05) is 20.8 Å². The smallest absolute Gasteiger partial charge is 0.00178 e. The molecule has 3 atom stereocenters. The molecule has 1 saturated carbocycles. The minimum atomic E-state index is 0.785. The van der Waals surface area contributed by atoms with Gasteiger partial charge in [-0.25, -0.2) is 0 Å². The minimum Gasteiger partial charge on any atom is -0.317 e. The van der Waals surface area contributed by atoms with Gasteiger partial charge in [0.2, 0.25) is 0 Å². The summed E-state index contributed by atoms with van der Waals surface area (Å²) in [5.74, 6) is 2.72. The van der Waals surface area contributed by atoms with Gasteiger partial charge in [-0.2, -0.15) is 0 Å². The quantitative estimate of drug-likeness (QED) is 0.310.